The Kier molecular flexibility index (Phi) is 8.20. The molecule has 0 spiro atoms. The Hall–Kier alpha value is -0.233. The van der Waals surface area contributed by atoms with Gasteiger partial charge in [-0.2, -0.15) is 0 Å². The van der Waals surface area contributed by atoms with Crippen LogP contribution in [0.5, 0.6) is 0 Å². The van der Waals surface area contributed by atoms with E-state index < -0.39 is 25.8 Å². The van der Waals surface area contributed by atoms with E-state index in [4.69, 9.17) is 4.43 Å². The van der Waals surface area contributed by atoms with Crippen molar-refractivity contribution >= 4 is 14.1 Å². The Labute approximate surface area is 179 Å². The van der Waals surface area contributed by atoms with Gasteiger partial charge in [-0.3, -0.25) is 4.79 Å². The van der Waals surface area contributed by atoms with Gasteiger partial charge in [0, 0.05) is 6.10 Å². The van der Waals surface area contributed by atoms with Crippen LogP contribution in [0.15, 0.2) is 0 Å². The maximum Gasteiger partial charge on any atom is 0.192 e. The second-order valence-corrected chi connectivity index (χ2v) is 15.5. The van der Waals surface area contributed by atoms with Crippen LogP contribution in [0.3, 0.4) is 0 Å². The molecule has 2 aliphatic carbocycles. The lowest BCUT2D eigenvalue weighted by molar-refractivity contribution is -0.144. The second kappa shape index (κ2) is 9.50. The zero-order valence-corrected chi connectivity index (χ0v) is 21.0. The molecule has 2 fully saturated rings. The van der Waals surface area contributed by atoms with E-state index in [2.05, 4.69) is 34.6 Å². The monoisotopic (exact) mass is 426 g/mol. The molecule has 170 valence electrons. The van der Waals surface area contributed by atoms with Crippen molar-refractivity contribution < 1.29 is 19.4 Å². The van der Waals surface area contributed by atoms with Crippen LogP contribution in [0, 0.1) is 23.2 Å². The predicted molar refractivity (Wildman–Crippen MR) is 121 cm³/mol. The molecule has 4 unspecified atom stereocenters. The van der Waals surface area contributed by atoms with E-state index in [-0.39, 0.29) is 11.3 Å². The maximum absolute atomic E-state index is 12.3. The average molecular weight is 427 g/mol. The minimum atomic E-state index is -1.62. The summed E-state index contributed by atoms with van der Waals surface area (Å²) < 4.78 is 7.00. The summed E-state index contributed by atoms with van der Waals surface area (Å²) >= 11 is 0. The number of Topliss-reactive ketones (excluding diaryl/α,β-unsaturated/α-hetero) is 1. The molecule has 0 aromatic rings. The number of hydrogen-bond acceptors (Lipinski definition) is 4. The van der Waals surface area contributed by atoms with E-state index >= 15 is 0 Å². The molecule has 0 radical (unpaired) electrons. The van der Waals surface area contributed by atoms with Crippen LogP contribution in [0.4, 0.5) is 0 Å². The first-order chi connectivity index (χ1) is 13.4. The summed E-state index contributed by atoms with van der Waals surface area (Å²) in [6.07, 6.45) is 5.74. The van der Waals surface area contributed by atoms with Crippen molar-refractivity contribution in [3.05, 3.63) is 0 Å². The summed E-state index contributed by atoms with van der Waals surface area (Å²) in [5.41, 5.74) is -1.24. The molecule has 4 nitrogen and oxygen atoms in total. The molecule has 2 N–H and O–H groups in total. The number of carbonyl (C=O) groups excluding carboxylic acids is 1. The predicted octanol–water partition coefficient (Wildman–Crippen LogP) is 5.32. The first-order valence-electron chi connectivity index (χ1n) is 12.1. The first kappa shape index (κ1) is 25.0. The quantitative estimate of drug-likeness (QED) is 0.464. The van der Waals surface area contributed by atoms with Gasteiger partial charge in [0.05, 0.1) is 0 Å². The lowest BCUT2D eigenvalue weighted by Crippen LogP contribution is -2.49. The maximum atomic E-state index is 12.3. The minimum absolute atomic E-state index is 0.231. The lowest BCUT2D eigenvalue weighted by atomic mass is 9.61. The summed E-state index contributed by atoms with van der Waals surface area (Å²) in [5.74, 6) is 0.903. The van der Waals surface area contributed by atoms with Crippen LogP contribution < -0.4 is 0 Å². The molecule has 0 saturated heterocycles. The molecule has 5 heteroatoms. The van der Waals surface area contributed by atoms with Crippen LogP contribution in [0.25, 0.3) is 0 Å². The number of rotatable bonds is 10. The Morgan fingerprint density at radius 2 is 1.76 bits per heavy atom. The van der Waals surface area contributed by atoms with E-state index in [9.17, 15) is 15.0 Å². The van der Waals surface area contributed by atoms with E-state index in [0.29, 0.717) is 24.4 Å². The van der Waals surface area contributed by atoms with Gasteiger partial charge < -0.3 is 14.6 Å². The summed E-state index contributed by atoms with van der Waals surface area (Å²) in [4.78, 5) is 12.3. The molecule has 29 heavy (non-hydrogen) atoms. The summed E-state index contributed by atoms with van der Waals surface area (Å²) in [7, 11) is -1.62. The molecule has 0 bridgehead atoms. The van der Waals surface area contributed by atoms with Crippen LogP contribution in [-0.2, 0) is 9.22 Å². The summed E-state index contributed by atoms with van der Waals surface area (Å²) in [6.45, 7) is 14.5. The topological polar surface area (TPSA) is 66.8 Å². The molecule has 0 aromatic heterocycles. The summed E-state index contributed by atoms with van der Waals surface area (Å²) in [5, 5.41) is 20.4. The molecule has 0 heterocycles. The number of hydrogen-bond donors (Lipinski definition) is 2. The molecule has 0 amide bonds. The van der Waals surface area contributed by atoms with Crippen LogP contribution >= 0.6 is 0 Å². The summed E-state index contributed by atoms with van der Waals surface area (Å²) in [6, 6.07) is 3.60. The van der Waals surface area contributed by atoms with Gasteiger partial charge in [0.2, 0.25) is 0 Å². The fourth-order valence-corrected chi connectivity index (χ4v) is 9.51. The minimum Gasteiger partial charge on any atom is -0.414 e. The van der Waals surface area contributed by atoms with Crippen LogP contribution in [0.1, 0.15) is 87.0 Å². The van der Waals surface area contributed by atoms with Gasteiger partial charge >= 0.3 is 0 Å². The number of ketones is 1. The Morgan fingerprint density at radius 3 is 2.28 bits per heavy atom. The van der Waals surface area contributed by atoms with Crippen LogP contribution in [0.2, 0.25) is 18.1 Å². The van der Waals surface area contributed by atoms with E-state index in [1.54, 1.807) is 0 Å². The van der Waals surface area contributed by atoms with Crippen molar-refractivity contribution in [3.63, 3.8) is 0 Å². The molecular formula is C24H46O4Si. The molecule has 2 rings (SSSR count). The van der Waals surface area contributed by atoms with Gasteiger partial charge in [-0.05, 0) is 87.3 Å². The number of fused-ring (bicyclic) bond motifs is 1. The zero-order chi connectivity index (χ0) is 22.0. The molecule has 6 atom stereocenters. The normalized spacial score (nSPS) is 32.7. The smallest absolute Gasteiger partial charge is 0.192 e. The molecule has 0 aliphatic heterocycles. The first-order valence-corrected chi connectivity index (χ1v) is 14.6. The SMILES string of the molecule is CC[Si](CC)(CC)OC1CCC[C@@]2(C)C1CC[C@@H]2C(C)CC(O)C(=O)C(C)(C)O. The molecule has 0 aromatic carbocycles. The van der Waals surface area contributed by atoms with Gasteiger partial charge in [0.15, 0.2) is 14.1 Å². The average Bonchev–Trinajstić information content (AvgIpc) is 3.02. The van der Waals surface area contributed by atoms with Gasteiger partial charge in [0.1, 0.15) is 11.7 Å². The highest BCUT2D eigenvalue weighted by molar-refractivity contribution is 6.73. The molecule has 2 aliphatic rings. The highest BCUT2D eigenvalue weighted by Crippen LogP contribution is 2.59. The Balaban J connectivity index is 2.12. The number of aliphatic hydroxyl groups is 2. The van der Waals surface area contributed by atoms with Crippen molar-refractivity contribution in [1.29, 1.82) is 0 Å². The molecular weight excluding hydrogens is 380 g/mol. The van der Waals surface area contributed by atoms with Gasteiger partial charge in [0.25, 0.3) is 0 Å². The fourth-order valence-electron chi connectivity index (χ4n) is 6.59. The van der Waals surface area contributed by atoms with Crippen molar-refractivity contribution in [3.8, 4) is 0 Å². The molecule has 2 saturated carbocycles. The van der Waals surface area contributed by atoms with Gasteiger partial charge in [-0.25, -0.2) is 0 Å². The van der Waals surface area contributed by atoms with Gasteiger partial charge in [-0.15, -0.1) is 0 Å². The standard InChI is InChI=1S/C24H46O4Si/c1-8-29(9-2,10-3)28-21-12-11-15-24(7)18(13-14-19(21)24)17(4)16-20(25)22(26)23(5,6)27/h17-21,25,27H,8-16H2,1-7H3/t17?,18-,19?,20?,21?,24-/m1/s1. The van der Waals surface area contributed by atoms with Crippen molar-refractivity contribution in [1.82, 2.24) is 0 Å². The fraction of sp³-hybridized carbons (Fsp3) is 0.958. The lowest BCUT2D eigenvalue weighted by Gasteiger charge is -2.49. The van der Waals surface area contributed by atoms with Crippen molar-refractivity contribution in [2.75, 3.05) is 0 Å². The van der Waals surface area contributed by atoms with Gasteiger partial charge in [-0.1, -0.05) is 41.0 Å². The van der Waals surface area contributed by atoms with Crippen molar-refractivity contribution in [2.24, 2.45) is 23.2 Å². The van der Waals surface area contributed by atoms with Crippen LogP contribution in [-0.4, -0.2) is 42.1 Å². The largest absolute Gasteiger partial charge is 0.414 e. The highest BCUT2D eigenvalue weighted by atomic mass is 28.4. The third kappa shape index (κ3) is 5.16. The highest BCUT2D eigenvalue weighted by Gasteiger charge is 2.54. The van der Waals surface area contributed by atoms with E-state index in [0.717, 1.165) is 6.42 Å². The number of carbonyl (C=O) groups is 1. The number of aliphatic hydroxyl groups excluding tert-OH is 1. The Bertz CT molecular complexity index is 545. The second-order valence-electron chi connectivity index (χ2n) is 10.7. The van der Waals surface area contributed by atoms with Crippen molar-refractivity contribution in [2.45, 2.75) is 123 Å². The third-order valence-corrected chi connectivity index (χ3v) is 13.3. The zero-order valence-electron chi connectivity index (χ0n) is 20.0. The van der Waals surface area contributed by atoms with E-state index in [1.807, 2.05) is 0 Å². The third-order valence-electron chi connectivity index (χ3n) is 8.66. The Morgan fingerprint density at radius 1 is 1.17 bits per heavy atom. The van der Waals surface area contributed by atoms with E-state index in [1.165, 1.54) is 57.7 Å².